The van der Waals surface area contributed by atoms with Gasteiger partial charge < -0.3 is 20.9 Å². The molecular formula is C12H15N7O2S. The molecule has 0 aliphatic carbocycles. The maximum atomic E-state index is 12.0. The van der Waals surface area contributed by atoms with Crippen LogP contribution in [0.25, 0.3) is 10.7 Å². The lowest BCUT2D eigenvalue weighted by atomic mass is 10.1. The summed E-state index contributed by atoms with van der Waals surface area (Å²) in [6, 6.07) is -0.521. The normalized spacial score (nSPS) is 14.3. The Kier molecular flexibility index (Phi) is 3.92. The largest absolute Gasteiger partial charge is 0.341 e. The highest BCUT2D eigenvalue weighted by molar-refractivity contribution is 7.13. The number of aromatic nitrogens is 3. The molecule has 2 aromatic rings. The highest BCUT2D eigenvalue weighted by Gasteiger charge is 2.31. The summed E-state index contributed by atoms with van der Waals surface area (Å²) in [7, 11) is 1.58. The van der Waals surface area contributed by atoms with E-state index in [1.165, 1.54) is 17.5 Å². The van der Waals surface area contributed by atoms with Crippen molar-refractivity contribution in [1.82, 2.24) is 30.7 Å². The first kappa shape index (κ1) is 14.3. The number of amides is 4. The molecule has 1 saturated heterocycles. The first-order valence-electron chi connectivity index (χ1n) is 6.64. The summed E-state index contributed by atoms with van der Waals surface area (Å²) in [5, 5.41) is 17.4. The summed E-state index contributed by atoms with van der Waals surface area (Å²) < 4.78 is 0. The average Bonchev–Trinajstić information content (AvgIpc) is 3.12. The van der Waals surface area contributed by atoms with Crippen LogP contribution in [0.4, 0.5) is 15.3 Å². The van der Waals surface area contributed by atoms with E-state index in [-0.39, 0.29) is 18.1 Å². The van der Waals surface area contributed by atoms with Gasteiger partial charge in [0.15, 0.2) is 0 Å². The van der Waals surface area contributed by atoms with E-state index in [0.29, 0.717) is 24.5 Å². The molecule has 4 amide bonds. The predicted molar refractivity (Wildman–Crippen MR) is 81.7 cm³/mol. The third-order valence-corrected chi connectivity index (χ3v) is 4.04. The number of nitrogens with zero attached hydrogens (tertiary/aromatic N) is 3. The van der Waals surface area contributed by atoms with Crippen molar-refractivity contribution in [3.63, 3.8) is 0 Å². The topological polar surface area (TPSA) is 115 Å². The van der Waals surface area contributed by atoms with Crippen LogP contribution in [0, 0.1) is 0 Å². The van der Waals surface area contributed by atoms with Gasteiger partial charge in [-0.25, -0.2) is 14.6 Å². The van der Waals surface area contributed by atoms with E-state index in [1.807, 2.05) is 5.38 Å². The maximum Gasteiger partial charge on any atom is 0.319 e. The van der Waals surface area contributed by atoms with Gasteiger partial charge in [-0.2, -0.15) is 5.10 Å². The highest BCUT2D eigenvalue weighted by atomic mass is 32.1. The van der Waals surface area contributed by atoms with Crippen LogP contribution in [0.1, 0.15) is 0 Å². The number of urea groups is 2. The summed E-state index contributed by atoms with van der Waals surface area (Å²) in [5.74, 6) is 0. The number of aromatic amines is 1. The summed E-state index contributed by atoms with van der Waals surface area (Å²) >= 11 is 1.45. The zero-order valence-electron chi connectivity index (χ0n) is 11.8. The smallest absolute Gasteiger partial charge is 0.319 e. The maximum absolute atomic E-state index is 12.0. The molecule has 0 saturated carbocycles. The van der Waals surface area contributed by atoms with Crippen LogP contribution in [0.15, 0.2) is 17.8 Å². The third kappa shape index (κ3) is 2.86. The molecule has 0 aromatic carbocycles. The van der Waals surface area contributed by atoms with Crippen molar-refractivity contribution in [3.05, 3.63) is 17.8 Å². The molecule has 1 aliphatic heterocycles. The summed E-state index contributed by atoms with van der Waals surface area (Å²) in [5.41, 5.74) is 1.24. The molecule has 0 atom stereocenters. The molecule has 2 aromatic heterocycles. The average molecular weight is 321 g/mol. The Bertz CT molecular complexity index is 663. The van der Waals surface area contributed by atoms with E-state index >= 15 is 0 Å². The Hall–Kier alpha value is -2.62. The van der Waals surface area contributed by atoms with Crippen LogP contribution in [0.5, 0.6) is 0 Å². The zero-order chi connectivity index (χ0) is 15.5. The fourth-order valence-electron chi connectivity index (χ4n) is 2.13. The number of rotatable bonds is 3. The van der Waals surface area contributed by atoms with Gasteiger partial charge in [-0.3, -0.25) is 5.10 Å². The summed E-state index contributed by atoms with van der Waals surface area (Å²) in [6.07, 6.45) is 3.22. The van der Waals surface area contributed by atoms with Gasteiger partial charge in [0.05, 0.1) is 17.9 Å². The van der Waals surface area contributed by atoms with Crippen LogP contribution >= 0.6 is 11.3 Å². The van der Waals surface area contributed by atoms with E-state index in [2.05, 4.69) is 31.1 Å². The minimum Gasteiger partial charge on any atom is -0.341 e. The number of carbonyl (C=O) groups excluding carboxylic acids is 2. The van der Waals surface area contributed by atoms with E-state index in [0.717, 1.165) is 5.01 Å². The zero-order valence-corrected chi connectivity index (χ0v) is 12.6. The number of H-pyrrole nitrogens is 1. The van der Waals surface area contributed by atoms with Gasteiger partial charge in [0.1, 0.15) is 10.7 Å². The van der Waals surface area contributed by atoms with Gasteiger partial charge in [0.25, 0.3) is 0 Å². The third-order valence-electron chi connectivity index (χ3n) is 3.25. The molecule has 1 fully saturated rings. The van der Waals surface area contributed by atoms with Crippen molar-refractivity contribution in [2.24, 2.45) is 0 Å². The second-order valence-electron chi connectivity index (χ2n) is 4.75. The molecule has 0 spiro atoms. The van der Waals surface area contributed by atoms with Crippen molar-refractivity contribution >= 4 is 29.1 Å². The van der Waals surface area contributed by atoms with Crippen molar-refractivity contribution in [3.8, 4) is 10.7 Å². The van der Waals surface area contributed by atoms with E-state index in [9.17, 15) is 9.59 Å². The monoisotopic (exact) mass is 321 g/mol. The molecule has 0 unspecified atom stereocenters. The minimum absolute atomic E-state index is 0.0486. The van der Waals surface area contributed by atoms with Gasteiger partial charge in [0, 0.05) is 31.7 Å². The molecule has 0 radical (unpaired) electrons. The van der Waals surface area contributed by atoms with Crippen LogP contribution in [0.2, 0.25) is 0 Å². The van der Waals surface area contributed by atoms with Crippen molar-refractivity contribution in [1.29, 1.82) is 0 Å². The van der Waals surface area contributed by atoms with Gasteiger partial charge >= 0.3 is 12.1 Å². The highest BCUT2D eigenvalue weighted by Crippen LogP contribution is 2.26. The van der Waals surface area contributed by atoms with Crippen LogP contribution in [-0.2, 0) is 0 Å². The lowest BCUT2D eigenvalue weighted by Gasteiger charge is -2.38. The molecule has 116 valence electrons. The second kappa shape index (κ2) is 6.02. The molecule has 3 heterocycles. The number of anilines is 1. The van der Waals surface area contributed by atoms with E-state index < -0.39 is 0 Å². The lowest BCUT2D eigenvalue weighted by molar-refractivity contribution is 0.142. The number of carbonyl (C=O) groups is 2. The standard InChI is InChI=1S/C12H15N7O2S/c1-13-12(21)19-5-7(6-19)16-11(20)17-8-4-15-18-9(8)10-14-2-3-22-10/h2-4,7H,5-6H2,1H3,(H,13,21)(H,15,18)(H2,16,17,20). The quantitative estimate of drug-likeness (QED) is 0.665. The first-order chi connectivity index (χ1) is 10.7. The number of likely N-dealkylation sites (tertiary alicyclic amines) is 1. The molecule has 10 heteroatoms. The molecule has 0 bridgehead atoms. The molecular weight excluding hydrogens is 306 g/mol. The minimum atomic E-state index is -0.333. The Morgan fingerprint density at radius 1 is 1.45 bits per heavy atom. The van der Waals surface area contributed by atoms with Crippen molar-refractivity contribution in [2.45, 2.75) is 6.04 Å². The van der Waals surface area contributed by atoms with E-state index in [4.69, 9.17) is 0 Å². The SMILES string of the molecule is CNC(=O)N1CC(NC(=O)Nc2cn[nH]c2-c2nccs2)C1. The van der Waals surface area contributed by atoms with Gasteiger partial charge in [-0.05, 0) is 0 Å². The molecule has 1 aliphatic rings. The van der Waals surface area contributed by atoms with Gasteiger partial charge in [-0.15, -0.1) is 11.3 Å². The van der Waals surface area contributed by atoms with Crippen LogP contribution in [-0.4, -0.2) is 58.3 Å². The molecule has 9 nitrogen and oxygen atoms in total. The van der Waals surface area contributed by atoms with Gasteiger partial charge in [0.2, 0.25) is 0 Å². The molecule has 22 heavy (non-hydrogen) atoms. The summed E-state index contributed by atoms with van der Waals surface area (Å²) in [6.45, 7) is 0.996. The number of thiazole rings is 1. The van der Waals surface area contributed by atoms with Crippen LogP contribution in [0.3, 0.4) is 0 Å². The van der Waals surface area contributed by atoms with Crippen molar-refractivity contribution < 1.29 is 9.59 Å². The fraction of sp³-hybridized carbons (Fsp3) is 0.333. The van der Waals surface area contributed by atoms with Gasteiger partial charge in [-0.1, -0.05) is 0 Å². The fourth-order valence-corrected chi connectivity index (χ4v) is 2.77. The van der Waals surface area contributed by atoms with Crippen LogP contribution < -0.4 is 16.0 Å². The molecule has 3 rings (SSSR count). The van der Waals surface area contributed by atoms with E-state index in [1.54, 1.807) is 18.1 Å². The Balaban J connectivity index is 1.54. The number of nitrogens with one attached hydrogen (secondary N) is 4. The number of hydrogen-bond acceptors (Lipinski definition) is 5. The second-order valence-corrected chi connectivity index (χ2v) is 5.65. The predicted octanol–water partition coefficient (Wildman–Crippen LogP) is 0.678. The van der Waals surface area contributed by atoms with Crippen molar-refractivity contribution in [2.75, 3.05) is 25.5 Å². The summed E-state index contributed by atoms with van der Waals surface area (Å²) in [4.78, 5) is 29.1. The Labute approximate surface area is 130 Å². The Morgan fingerprint density at radius 3 is 2.95 bits per heavy atom. The Morgan fingerprint density at radius 2 is 2.27 bits per heavy atom. The lowest BCUT2D eigenvalue weighted by Crippen LogP contribution is -2.63. The number of hydrogen-bond donors (Lipinski definition) is 4. The first-order valence-corrected chi connectivity index (χ1v) is 7.52. The molecule has 4 N–H and O–H groups in total.